The smallest absolute Gasteiger partial charge is 0.119 e. The van der Waals surface area contributed by atoms with Crippen LogP contribution in [0.3, 0.4) is 0 Å². The molecular formula is C19H27NO. The molecule has 0 amide bonds. The Hall–Kier alpha value is -1.28. The van der Waals surface area contributed by atoms with E-state index >= 15 is 0 Å². The molecule has 1 aromatic carbocycles. The van der Waals surface area contributed by atoms with E-state index in [1.54, 1.807) is 5.57 Å². The van der Waals surface area contributed by atoms with Crippen LogP contribution >= 0.6 is 0 Å². The van der Waals surface area contributed by atoms with Crippen LogP contribution in [0.25, 0.3) is 0 Å². The Labute approximate surface area is 128 Å². The first-order chi connectivity index (χ1) is 10.4. The van der Waals surface area contributed by atoms with Crippen molar-refractivity contribution in [2.75, 3.05) is 19.7 Å². The molecule has 1 unspecified atom stereocenters. The van der Waals surface area contributed by atoms with Gasteiger partial charge < -0.3 is 4.74 Å². The van der Waals surface area contributed by atoms with Gasteiger partial charge in [-0.05, 0) is 63.6 Å². The lowest BCUT2D eigenvalue weighted by molar-refractivity contribution is 0.214. The van der Waals surface area contributed by atoms with E-state index in [4.69, 9.17) is 4.74 Å². The molecule has 21 heavy (non-hydrogen) atoms. The number of likely N-dealkylation sites (tertiary alicyclic amines) is 1. The molecule has 114 valence electrons. The van der Waals surface area contributed by atoms with Gasteiger partial charge in [-0.1, -0.05) is 29.8 Å². The van der Waals surface area contributed by atoms with E-state index in [2.05, 4.69) is 11.0 Å². The first-order valence-corrected chi connectivity index (χ1v) is 8.51. The molecule has 1 heterocycles. The first kappa shape index (κ1) is 14.6. The second-order valence-electron chi connectivity index (χ2n) is 6.32. The van der Waals surface area contributed by atoms with E-state index in [0.29, 0.717) is 0 Å². The highest BCUT2D eigenvalue weighted by Crippen LogP contribution is 2.25. The third-order valence-electron chi connectivity index (χ3n) is 4.75. The summed E-state index contributed by atoms with van der Waals surface area (Å²) in [4.78, 5) is 2.69. The van der Waals surface area contributed by atoms with Gasteiger partial charge in [-0.25, -0.2) is 0 Å². The first-order valence-electron chi connectivity index (χ1n) is 8.51. The van der Waals surface area contributed by atoms with E-state index < -0.39 is 0 Å². The highest BCUT2D eigenvalue weighted by molar-refractivity contribution is 5.20. The number of benzene rings is 1. The predicted molar refractivity (Wildman–Crippen MR) is 87.7 cm³/mol. The van der Waals surface area contributed by atoms with E-state index in [-0.39, 0.29) is 0 Å². The number of hydrogen-bond donors (Lipinski definition) is 0. The summed E-state index contributed by atoms with van der Waals surface area (Å²) >= 11 is 0. The number of allylic oxidation sites excluding steroid dienone is 1. The van der Waals surface area contributed by atoms with Gasteiger partial charge in [0.25, 0.3) is 0 Å². The van der Waals surface area contributed by atoms with Crippen LogP contribution in [0.1, 0.15) is 44.9 Å². The summed E-state index contributed by atoms with van der Waals surface area (Å²) in [6.45, 7) is 3.31. The fourth-order valence-electron chi connectivity index (χ4n) is 3.57. The van der Waals surface area contributed by atoms with E-state index in [1.807, 2.05) is 30.3 Å². The van der Waals surface area contributed by atoms with Crippen LogP contribution in [-0.4, -0.2) is 30.6 Å². The van der Waals surface area contributed by atoms with Gasteiger partial charge in [0.15, 0.2) is 0 Å². The summed E-state index contributed by atoms with van der Waals surface area (Å²) in [5.74, 6) is 0.997. The monoisotopic (exact) mass is 285 g/mol. The van der Waals surface area contributed by atoms with Crippen molar-refractivity contribution in [3.63, 3.8) is 0 Å². The minimum atomic E-state index is 0.719. The lowest BCUT2D eigenvalue weighted by atomic mass is 9.99. The zero-order valence-electron chi connectivity index (χ0n) is 13.0. The molecular weight excluding hydrogens is 258 g/mol. The van der Waals surface area contributed by atoms with Crippen LogP contribution in [0.5, 0.6) is 5.75 Å². The number of para-hydroxylation sites is 1. The summed E-state index contributed by atoms with van der Waals surface area (Å²) in [6, 6.07) is 10.9. The van der Waals surface area contributed by atoms with Gasteiger partial charge in [0.2, 0.25) is 0 Å². The predicted octanol–water partition coefficient (Wildman–Crippen LogP) is 4.42. The van der Waals surface area contributed by atoms with Gasteiger partial charge in [-0.15, -0.1) is 0 Å². The Bertz CT molecular complexity index is 454. The van der Waals surface area contributed by atoms with Crippen LogP contribution in [-0.2, 0) is 0 Å². The largest absolute Gasteiger partial charge is 0.494 e. The Balaban J connectivity index is 1.44. The van der Waals surface area contributed by atoms with Crippen molar-refractivity contribution in [1.82, 2.24) is 4.90 Å². The molecule has 0 bridgehead atoms. The average molecular weight is 285 g/mol. The zero-order valence-corrected chi connectivity index (χ0v) is 13.0. The standard InChI is InChI=1S/C19H27NO/c1-3-8-17(9-4-1)16-20-14-7-10-18(20)13-15-21-19-11-5-2-6-12-19/h2,5-6,8,11-12,18H,1,3-4,7,9-10,13-16H2. The van der Waals surface area contributed by atoms with Gasteiger partial charge in [-0.2, -0.15) is 0 Å². The Kier molecular flexibility index (Phi) is 5.34. The molecule has 1 fully saturated rings. The normalized spacial score (nSPS) is 23.0. The fraction of sp³-hybridized carbons (Fsp3) is 0.579. The van der Waals surface area contributed by atoms with Crippen molar-refractivity contribution < 1.29 is 4.74 Å². The van der Waals surface area contributed by atoms with Crippen molar-refractivity contribution in [1.29, 1.82) is 0 Å². The van der Waals surface area contributed by atoms with Crippen LogP contribution in [0.4, 0.5) is 0 Å². The highest BCUT2D eigenvalue weighted by atomic mass is 16.5. The summed E-state index contributed by atoms with van der Waals surface area (Å²) in [5.41, 5.74) is 1.68. The van der Waals surface area contributed by atoms with Gasteiger partial charge in [0.05, 0.1) is 6.61 Å². The van der Waals surface area contributed by atoms with E-state index in [1.165, 1.54) is 51.6 Å². The molecule has 1 atom stereocenters. The molecule has 2 heteroatoms. The summed E-state index contributed by atoms with van der Waals surface area (Å²) in [6.07, 6.45) is 11.7. The number of nitrogens with zero attached hydrogens (tertiary/aromatic N) is 1. The minimum Gasteiger partial charge on any atom is -0.494 e. The van der Waals surface area contributed by atoms with Crippen molar-refractivity contribution in [2.45, 2.75) is 51.0 Å². The van der Waals surface area contributed by atoms with Gasteiger partial charge in [0.1, 0.15) is 5.75 Å². The molecule has 1 saturated heterocycles. The topological polar surface area (TPSA) is 12.5 Å². The Morgan fingerprint density at radius 1 is 1.10 bits per heavy atom. The van der Waals surface area contributed by atoms with E-state index in [0.717, 1.165) is 24.8 Å². The maximum Gasteiger partial charge on any atom is 0.119 e. The van der Waals surface area contributed by atoms with Crippen molar-refractivity contribution >= 4 is 0 Å². The molecule has 1 aliphatic carbocycles. The van der Waals surface area contributed by atoms with Crippen molar-refractivity contribution in [2.24, 2.45) is 0 Å². The number of hydrogen-bond acceptors (Lipinski definition) is 2. The number of ether oxygens (including phenoxy) is 1. The van der Waals surface area contributed by atoms with Crippen LogP contribution < -0.4 is 4.74 Å². The van der Waals surface area contributed by atoms with E-state index in [9.17, 15) is 0 Å². The molecule has 1 aliphatic heterocycles. The molecule has 0 N–H and O–H groups in total. The third kappa shape index (κ3) is 4.34. The van der Waals surface area contributed by atoms with Gasteiger partial charge in [-0.3, -0.25) is 4.90 Å². The Morgan fingerprint density at radius 2 is 2.00 bits per heavy atom. The van der Waals surface area contributed by atoms with Crippen LogP contribution in [0.2, 0.25) is 0 Å². The Morgan fingerprint density at radius 3 is 2.81 bits per heavy atom. The molecule has 2 nitrogen and oxygen atoms in total. The molecule has 0 radical (unpaired) electrons. The molecule has 0 saturated carbocycles. The average Bonchev–Trinajstić information content (AvgIpc) is 2.97. The molecule has 0 spiro atoms. The maximum atomic E-state index is 5.86. The third-order valence-corrected chi connectivity index (χ3v) is 4.75. The lowest BCUT2D eigenvalue weighted by Gasteiger charge is -2.27. The zero-order chi connectivity index (χ0) is 14.3. The maximum absolute atomic E-state index is 5.86. The van der Waals surface area contributed by atoms with Crippen LogP contribution in [0.15, 0.2) is 42.0 Å². The second kappa shape index (κ2) is 7.65. The minimum absolute atomic E-state index is 0.719. The molecule has 2 aliphatic rings. The molecule has 1 aromatic rings. The number of rotatable bonds is 6. The fourth-order valence-corrected chi connectivity index (χ4v) is 3.57. The molecule has 0 aromatic heterocycles. The second-order valence-corrected chi connectivity index (χ2v) is 6.32. The lowest BCUT2D eigenvalue weighted by Crippen LogP contribution is -2.32. The summed E-state index contributed by atoms with van der Waals surface area (Å²) in [7, 11) is 0. The van der Waals surface area contributed by atoms with Gasteiger partial charge in [0, 0.05) is 12.6 Å². The highest BCUT2D eigenvalue weighted by Gasteiger charge is 2.25. The van der Waals surface area contributed by atoms with Crippen molar-refractivity contribution in [3.05, 3.63) is 42.0 Å². The summed E-state index contributed by atoms with van der Waals surface area (Å²) < 4.78 is 5.86. The molecule has 3 rings (SSSR count). The summed E-state index contributed by atoms with van der Waals surface area (Å²) in [5, 5.41) is 0. The SMILES string of the molecule is C1=C(CN2CCCC2CCOc2ccccc2)CCCC1. The van der Waals surface area contributed by atoms with Gasteiger partial charge >= 0.3 is 0 Å². The van der Waals surface area contributed by atoms with Crippen molar-refractivity contribution in [3.8, 4) is 5.75 Å². The van der Waals surface area contributed by atoms with Crippen LogP contribution in [0, 0.1) is 0 Å². The quantitative estimate of drug-likeness (QED) is 0.717.